The summed E-state index contributed by atoms with van der Waals surface area (Å²) < 4.78 is 26.5. The second kappa shape index (κ2) is 5.81. The van der Waals surface area contributed by atoms with Crippen molar-refractivity contribution in [3.63, 3.8) is 0 Å². The maximum atomic E-state index is 12.5. The summed E-state index contributed by atoms with van der Waals surface area (Å²) in [6, 6.07) is 7.66. The van der Waals surface area contributed by atoms with Gasteiger partial charge in [-0.2, -0.15) is 0 Å². The van der Waals surface area contributed by atoms with Gasteiger partial charge in [-0.15, -0.1) is 10.2 Å². The van der Waals surface area contributed by atoms with Crippen LogP contribution < -0.4 is 0 Å². The fourth-order valence-corrected chi connectivity index (χ4v) is 4.11. The summed E-state index contributed by atoms with van der Waals surface area (Å²) in [5.41, 5.74) is 0.551. The van der Waals surface area contributed by atoms with Crippen molar-refractivity contribution in [3.05, 3.63) is 29.8 Å². The van der Waals surface area contributed by atoms with Gasteiger partial charge < -0.3 is 5.11 Å². The Labute approximate surface area is 130 Å². The number of nitrogens with zero attached hydrogens (tertiary/aromatic N) is 3. The third-order valence-corrected chi connectivity index (χ3v) is 5.08. The molecule has 7 heteroatoms. The minimum Gasteiger partial charge on any atom is -0.389 e. The molecular weight excluding hydrogens is 302 g/mol. The Morgan fingerprint density at radius 2 is 1.95 bits per heavy atom. The summed E-state index contributed by atoms with van der Waals surface area (Å²) in [6.07, 6.45) is 0. The molecule has 6 nitrogen and oxygen atoms in total. The van der Waals surface area contributed by atoms with Crippen molar-refractivity contribution in [3.8, 4) is 11.4 Å². The fraction of sp³-hybridized carbons (Fsp3) is 0.467. The molecule has 0 radical (unpaired) electrons. The van der Waals surface area contributed by atoms with Crippen LogP contribution >= 0.6 is 0 Å². The van der Waals surface area contributed by atoms with Gasteiger partial charge in [0.2, 0.25) is 15.0 Å². The minimum absolute atomic E-state index is 0.103. The summed E-state index contributed by atoms with van der Waals surface area (Å²) in [4.78, 5) is 0. The van der Waals surface area contributed by atoms with E-state index in [9.17, 15) is 13.5 Å². The van der Waals surface area contributed by atoms with E-state index in [1.54, 1.807) is 4.57 Å². The fourth-order valence-electron chi connectivity index (χ4n) is 2.33. The molecule has 0 aliphatic rings. The van der Waals surface area contributed by atoms with Gasteiger partial charge in [0, 0.05) is 12.1 Å². The first-order valence-corrected chi connectivity index (χ1v) is 8.74. The van der Waals surface area contributed by atoms with Crippen molar-refractivity contribution in [1.29, 1.82) is 0 Å². The smallest absolute Gasteiger partial charge is 0.250 e. The van der Waals surface area contributed by atoms with E-state index in [0.29, 0.717) is 12.4 Å². The second-order valence-electron chi connectivity index (χ2n) is 5.99. The van der Waals surface area contributed by atoms with E-state index in [1.807, 2.05) is 38.1 Å². The average molecular weight is 323 g/mol. The third kappa shape index (κ3) is 3.53. The first kappa shape index (κ1) is 16.6. The van der Waals surface area contributed by atoms with Gasteiger partial charge in [0.25, 0.3) is 0 Å². The van der Waals surface area contributed by atoms with Gasteiger partial charge in [0.15, 0.2) is 5.82 Å². The molecular formula is C15H21N3O3S. The number of rotatable bonds is 5. The predicted octanol–water partition coefficient (Wildman–Crippen LogP) is 1.82. The van der Waals surface area contributed by atoms with Crippen molar-refractivity contribution in [2.24, 2.45) is 0 Å². The molecule has 0 saturated heterocycles. The number of aryl methyl sites for hydroxylation is 1. The van der Waals surface area contributed by atoms with Gasteiger partial charge in [0.1, 0.15) is 0 Å². The van der Waals surface area contributed by atoms with Crippen LogP contribution in [0.15, 0.2) is 29.4 Å². The van der Waals surface area contributed by atoms with E-state index >= 15 is 0 Å². The van der Waals surface area contributed by atoms with E-state index in [1.165, 1.54) is 13.8 Å². The lowest BCUT2D eigenvalue weighted by Gasteiger charge is -2.17. The zero-order valence-electron chi connectivity index (χ0n) is 13.2. The van der Waals surface area contributed by atoms with E-state index in [2.05, 4.69) is 10.2 Å². The number of sulfone groups is 1. The molecule has 1 N–H and O–H groups in total. The van der Waals surface area contributed by atoms with Gasteiger partial charge in [-0.25, -0.2) is 8.42 Å². The molecule has 0 atom stereocenters. The van der Waals surface area contributed by atoms with E-state index in [4.69, 9.17) is 0 Å². The SMILES string of the molecule is CCn1c(-c2cccc(C)c2)nnc1S(=O)(=O)CC(C)(C)O. The molecule has 0 unspecified atom stereocenters. The highest BCUT2D eigenvalue weighted by molar-refractivity contribution is 7.91. The summed E-state index contributed by atoms with van der Waals surface area (Å²) in [6.45, 7) is 7.14. The maximum Gasteiger partial charge on any atom is 0.250 e. The van der Waals surface area contributed by atoms with Gasteiger partial charge in [-0.1, -0.05) is 23.8 Å². The molecule has 0 spiro atoms. The van der Waals surface area contributed by atoms with Crippen LogP contribution in [0.3, 0.4) is 0 Å². The molecule has 0 aliphatic carbocycles. The lowest BCUT2D eigenvalue weighted by molar-refractivity contribution is 0.105. The van der Waals surface area contributed by atoms with E-state index < -0.39 is 21.2 Å². The van der Waals surface area contributed by atoms with Crippen LogP contribution in [0, 0.1) is 6.92 Å². The lowest BCUT2D eigenvalue weighted by atomic mass is 10.1. The highest BCUT2D eigenvalue weighted by Crippen LogP contribution is 2.23. The van der Waals surface area contributed by atoms with Crippen LogP contribution in [-0.2, 0) is 16.4 Å². The number of aromatic nitrogens is 3. The van der Waals surface area contributed by atoms with Gasteiger partial charge in [-0.05, 0) is 33.8 Å². The Morgan fingerprint density at radius 1 is 1.27 bits per heavy atom. The van der Waals surface area contributed by atoms with Crippen LogP contribution in [0.1, 0.15) is 26.3 Å². The summed E-state index contributed by atoms with van der Waals surface area (Å²) in [5.74, 6) is 0.117. The van der Waals surface area contributed by atoms with Crippen LogP contribution in [0.5, 0.6) is 0 Å². The van der Waals surface area contributed by atoms with Gasteiger partial charge in [-0.3, -0.25) is 4.57 Å². The van der Waals surface area contributed by atoms with Crippen LogP contribution in [0.25, 0.3) is 11.4 Å². The molecule has 1 heterocycles. The Morgan fingerprint density at radius 3 is 2.50 bits per heavy atom. The van der Waals surface area contributed by atoms with Crippen molar-refractivity contribution < 1.29 is 13.5 Å². The monoisotopic (exact) mass is 323 g/mol. The van der Waals surface area contributed by atoms with Crippen molar-refractivity contribution >= 4 is 9.84 Å². The Kier molecular flexibility index (Phi) is 4.39. The van der Waals surface area contributed by atoms with Gasteiger partial charge in [0.05, 0.1) is 11.4 Å². The molecule has 0 aliphatic heterocycles. The summed E-state index contributed by atoms with van der Waals surface area (Å²) >= 11 is 0. The largest absolute Gasteiger partial charge is 0.389 e. The molecule has 0 fully saturated rings. The van der Waals surface area contributed by atoms with Crippen molar-refractivity contribution in [2.45, 2.75) is 45.0 Å². The van der Waals surface area contributed by atoms with Crippen LogP contribution in [0.2, 0.25) is 0 Å². The van der Waals surface area contributed by atoms with Crippen LogP contribution in [-0.4, -0.2) is 39.6 Å². The normalized spacial score (nSPS) is 12.6. The molecule has 22 heavy (non-hydrogen) atoms. The average Bonchev–Trinajstić information content (AvgIpc) is 2.80. The topological polar surface area (TPSA) is 85.1 Å². The zero-order chi connectivity index (χ0) is 16.5. The first-order valence-electron chi connectivity index (χ1n) is 7.09. The summed E-state index contributed by atoms with van der Waals surface area (Å²) in [5, 5.41) is 17.6. The standard InChI is InChI=1S/C15H21N3O3S/c1-5-18-13(12-8-6-7-11(2)9-12)16-17-14(18)22(20,21)10-15(3,4)19/h6-9,19H,5,10H2,1-4H3. The molecule has 120 valence electrons. The quantitative estimate of drug-likeness (QED) is 0.907. The molecule has 0 saturated carbocycles. The molecule has 2 rings (SSSR count). The Hall–Kier alpha value is -1.73. The first-order chi connectivity index (χ1) is 10.1. The number of hydrogen-bond acceptors (Lipinski definition) is 5. The van der Waals surface area contributed by atoms with E-state index in [-0.39, 0.29) is 5.16 Å². The highest BCUT2D eigenvalue weighted by atomic mass is 32.2. The van der Waals surface area contributed by atoms with Gasteiger partial charge >= 0.3 is 0 Å². The molecule has 0 bridgehead atoms. The predicted molar refractivity (Wildman–Crippen MR) is 84.2 cm³/mol. The highest BCUT2D eigenvalue weighted by Gasteiger charge is 2.30. The third-order valence-electron chi connectivity index (χ3n) is 3.13. The molecule has 1 aromatic heterocycles. The molecule has 0 amide bonds. The minimum atomic E-state index is -3.72. The summed E-state index contributed by atoms with van der Waals surface area (Å²) in [7, 11) is -3.72. The number of hydrogen-bond donors (Lipinski definition) is 1. The van der Waals surface area contributed by atoms with Crippen LogP contribution in [0.4, 0.5) is 0 Å². The lowest BCUT2D eigenvalue weighted by Crippen LogP contribution is -2.31. The zero-order valence-corrected chi connectivity index (χ0v) is 14.1. The van der Waals surface area contributed by atoms with Crippen molar-refractivity contribution in [1.82, 2.24) is 14.8 Å². The molecule has 2 aromatic rings. The second-order valence-corrected chi connectivity index (χ2v) is 7.87. The van der Waals surface area contributed by atoms with E-state index in [0.717, 1.165) is 11.1 Å². The van der Waals surface area contributed by atoms with Crippen molar-refractivity contribution in [2.75, 3.05) is 5.75 Å². The maximum absolute atomic E-state index is 12.5. The molecule has 1 aromatic carbocycles. The Bertz CT molecular complexity index is 774. The number of benzene rings is 1. The number of aliphatic hydroxyl groups is 1. The Balaban J connectivity index is 2.53.